The van der Waals surface area contributed by atoms with Crippen LogP contribution in [0.4, 0.5) is 0 Å². The van der Waals surface area contributed by atoms with Gasteiger partial charge in [-0.2, -0.15) is 5.10 Å². The Kier molecular flexibility index (Phi) is 5.06. The Labute approximate surface area is 101 Å². The lowest BCUT2D eigenvalue weighted by Gasteiger charge is -2.07. The molecule has 0 saturated heterocycles. The van der Waals surface area contributed by atoms with Crippen LogP contribution in [0.1, 0.15) is 6.92 Å². The Morgan fingerprint density at radius 1 is 1.53 bits per heavy atom. The Hall–Kier alpha value is -0.960. The van der Waals surface area contributed by atoms with E-state index in [0.29, 0.717) is 13.1 Å². The zero-order valence-electron chi connectivity index (χ0n) is 9.92. The topological polar surface area (TPSA) is 96.2 Å². The first kappa shape index (κ1) is 14.1. The summed E-state index contributed by atoms with van der Waals surface area (Å²) in [6.07, 6.45) is 2.29. The molecule has 0 aliphatic carbocycles. The molecule has 1 unspecified atom stereocenters. The van der Waals surface area contributed by atoms with Crippen LogP contribution in [0.3, 0.4) is 0 Å². The summed E-state index contributed by atoms with van der Waals surface area (Å²) >= 11 is 0. The number of aliphatic hydroxyl groups excluding tert-OH is 1. The van der Waals surface area contributed by atoms with Gasteiger partial charge in [0.2, 0.25) is 10.0 Å². The second-order valence-electron chi connectivity index (χ2n) is 3.80. The van der Waals surface area contributed by atoms with E-state index in [0.717, 1.165) is 0 Å². The van der Waals surface area contributed by atoms with E-state index in [-0.39, 0.29) is 11.4 Å². The van der Waals surface area contributed by atoms with E-state index in [1.54, 1.807) is 14.0 Å². The molecule has 0 bridgehead atoms. The highest BCUT2D eigenvalue weighted by Crippen LogP contribution is 2.04. The van der Waals surface area contributed by atoms with Crippen molar-refractivity contribution < 1.29 is 13.5 Å². The maximum absolute atomic E-state index is 11.7. The molecule has 0 radical (unpaired) electrons. The molecule has 0 amide bonds. The molecule has 8 heteroatoms. The van der Waals surface area contributed by atoms with E-state index >= 15 is 0 Å². The zero-order chi connectivity index (χ0) is 12.9. The molecule has 0 aliphatic rings. The second kappa shape index (κ2) is 6.10. The van der Waals surface area contributed by atoms with Crippen LogP contribution in [-0.2, 0) is 17.1 Å². The maximum atomic E-state index is 11.7. The van der Waals surface area contributed by atoms with Crippen LogP contribution in [0.15, 0.2) is 17.3 Å². The highest BCUT2D eigenvalue weighted by Gasteiger charge is 2.14. The van der Waals surface area contributed by atoms with Crippen LogP contribution in [0, 0.1) is 0 Å². The van der Waals surface area contributed by atoms with Crippen LogP contribution >= 0.6 is 0 Å². The van der Waals surface area contributed by atoms with Crippen molar-refractivity contribution in [1.29, 1.82) is 0 Å². The maximum Gasteiger partial charge on any atom is 0.243 e. The lowest BCUT2D eigenvalue weighted by Crippen LogP contribution is -2.34. The number of aromatic nitrogens is 2. The number of nitrogens with one attached hydrogen (secondary N) is 2. The summed E-state index contributed by atoms with van der Waals surface area (Å²) in [5, 5.41) is 15.7. The van der Waals surface area contributed by atoms with Gasteiger partial charge in [-0.1, -0.05) is 0 Å². The van der Waals surface area contributed by atoms with Crippen LogP contribution in [0.25, 0.3) is 0 Å². The van der Waals surface area contributed by atoms with Crippen molar-refractivity contribution in [3.05, 3.63) is 12.4 Å². The van der Waals surface area contributed by atoms with Crippen molar-refractivity contribution in [1.82, 2.24) is 19.8 Å². The monoisotopic (exact) mass is 262 g/mol. The molecule has 0 aromatic carbocycles. The van der Waals surface area contributed by atoms with E-state index in [1.165, 1.54) is 17.1 Å². The average molecular weight is 262 g/mol. The first-order valence-corrected chi connectivity index (χ1v) is 6.77. The molecule has 0 spiro atoms. The fourth-order valence-corrected chi connectivity index (χ4v) is 2.22. The van der Waals surface area contributed by atoms with E-state index in [4.69, 9.17) is 5.11 Å². The van der Waals surface area contributed by atoms with Crippen LogP contribution < -0.4 is 10.0 Å². The van der Waals surface area contributed by atoms with Crippen LogP contribution in [0.5, 0.6) is 0 Å². The van der Waals surface area contributed by atoms with E-state index in [1.807, 2.05) is 0 Å². The van der Waals surface area contributed by atoms with Gasteiger partial charge in [0, 0.05) is 32.9 Å². The number of rotatable bonds is 7. The minimum atomic E-state index is -3.48. The van der Waals surface area contributed by atoms with Crippen molar-refractivity contribution in [2.45, 2.75) is 17.9 Å². The SMILES string of the molecule is CC(O)CNCCNS(=O)(=O)c1cnn(C)c1. The van der Waals surface area contributed by atoms with Crippen molar-refractivity contribution >= 4 is 10.0 Å². The van der Waals surface area contributed by atoms with Gasteiger partial charge in [0.25, 0.3) is 0 Å². The predicted octanol–water partition coefficient (Wildman–Crippen LogP) is -1.33. The van der Waals surface area contributed by atoms with Crippen molar-refractivity contribution in [2.24, 2.45) is 7.05 Å². The van der Waals surface area contributed by atoms with E-state index < -0.39 is 16.1 Å². The lowest BCUT2D eigenvalue weighted by atomic mass is 10.4. The number of sulfonamides is 1. The Morgan fingerprint density at radius 2 is 2.24 bits per heavy atom. The van der Waals surface area contributed by atoms with Crippen LogP contribution in [0.2, 0.25) is 0 Å². The predicted molar refractivity (Wildman–Crippen MR) is 62.9 cm³/mol. The van der Waals surface area contributed by atoms with Gasteiger partial charge in [-0.3, -0.25) is 4.68 Å². The third-order valence-electron chi connectivity index (χ3n) is 2.03. The summed E-state index contributed by atoms with van der Waals surface area (Å²) in [5.41, 5.74) is 0. The normalized spacial score (nSPS) is 13.8. The van der Waals surface area contributed by atoms with Crippen molar-refractivity contribution in [3.8, 4) is 0 Å². The molecule has 1 atom stereocenters. The molecule has 98 valence electrons. The minimum absolute atomic E-state index is 0.149. The molecular formula is C9H18N4O3S. The molecule has 1 rings (SSSR count). The molecule has 7 nitrogen and oxygen atoms in total. The summed E-state index contributed by atoms with van der Waals surface area (Å²) in [6.45, 7) is 2.83. The summed E-state index contributed by atoms with van der Waals surface area (Å²) in [5.74, 6) is 0. The zero-order valence-corrected chi connectivity index (χ0v) is 10.7. The molecule has 17 heavy (non-hydrogen) atoms. The fourth-order valence-electron chi connectivity index (χ4n) is 1.21. The molecule has 0 aliphatic heterocycles. The summed E-state index contributed by atoms with van der Waals surface area (Å²) in [4.78, 5) is 0.149. The van der Waals surface area contributed by atoms with Gasteiger partial charge in [0.05, 0.1) is 12.3 Å². The van der Waals surface area contributed by atoms with Crippen LogP contribution in [-0.4, -0.2) is 49.0 Å². The molecule has 1 heterocycles. The van der Waals surface area contributed by atoms with Crippen molar-refractivity contribution in [2.75, 3.05) is 19.6 Å². The van der Waals surface area contributed by atoms with Gasteiger partial charge in [-0.15, -0.1) is 0 Å². The Balaban J connectivity index is 2.36. The highest BCUT2D eigenvalue weighted by atomic mass is 32.2. The Bertz CT molecular complexity index is 441. The first-order chi connectivity index (χ1) is 7.92. The fraction of sp³-hybridized carbons (Fsp3) is 0.667. The quantitative estimate of drug-likeness (QED) is 0.529. The van der Waals surface area contributed by atoms with E-state index in [2.05, 4.69) is 15.1 Å². The molecule has 1 aromatic heterocycles. The smallest absolute Gasteiger partial charge is 0.243 e. The largest absolute Gasteiger partial charge is 0.392 e. The third kappa shape index (κ3) is 4.82. The van der Waals surface area contributed by atoms with Gasteiger partial charge in [-0.05, 0) is 6.92 Å². The number of aryl methyl sites for hydroxylation is 1. The van der Waals surface area contributed by atoms with Gasteiger partial charge in [0.15, 0.2) is 0 Å². The standard InChI is InChI=1S/C9H18N4O3S/c1-8(14)5-10-3-4-12-17(15,16)9-6-11-13(2)7-9/h6-8,10,12,14H,3-5H2,1-2H3. The molecular weight excluding hydrogens is 244 g/mol. The number of hydrogen-bond acceptors (Lipinski definition) is 5. The lowest BCUT2D eigenvalue weighted by molar-refractivity contribution is 0.192. The summed E-state index contributed by atoms with van der Waals surface area (Å²) in [6, 6.07) is 0. The molecule has 1 aromatic rings. The summed E-state index contributed by atoms with van der Waals surface area (Å²) in [7, 11) is -1.82. The molecule has 3 N–H and O–H groups in total. The number of aliphatic hydroxyl groups is 1. The first-order valence-electron chi connectivity index (χ1n) is 5.29. The van der Waals surface area contributed by atoms with Gasteiger partial charge in [0.1, 0.15) is 4.90 Å². The average Bonchev–Trinajstić information content (AvgIpc) is 2.64. The van der Waals surface area contributed by atoms with Gasteiger partial charge < -0.3 is 10.4 Å². The van der Waals surface area contributed by atoms with E-state index in [9.17, 15) is 8.42 Å². The number of nitrogens with zero attached hydrogens (tertiary/aromatic N) is 2. The van der Waals surface area contributed by atoms with Gasteiger partial charge in [-0.25, -0.2) is 13.1 Å². The third-order valence-corrected chi connectivity index (χ3v) is 3.44. The minimum Gasteiger partial charge on any atom is -0.392 e. The van der Waals surface area contributed by atoms with Gasteiger partial charge >= 0.3 is 0 Å². The van der Waals surface area contributed by atoms with Crippen molar-refractivity contribution in [3.63, 3.8) is 0 Å². The number of hydrogen-bond donors (Lipinski definition) is 3. The molecule has 0 saturated carbocycles. The molecule has 0 fully saturated rings. The highest BCUT2D eigenvalue weighted by molar-refractivity contribution is 7.89. The Morgan fingerprint density at radius 3 is 2.76 bits per heavy atom. The summed E-state index contributed by atoms with van der Waals surface area (Å²) < 4.78 is 27.3. The second-order valence-corrected chi connectivity index (χ2v) is 5.57.